The van der Waals surface area contributed by atoms with Gasteiger partial charge in [0.2, 0.25) is 0 Å². The highest BCUT2D eigenvalue weighted by Gasteiger charge is 2.30. The molecule has 0 aromatic heterocycles. The second-order valence-corrected chi connectivity index (χ2v) is 7.00. The maximum Gasteiger partial charge on any atom is 0.408 e. The van der Waals surface area contributed by atoms with E-state index in [1.54, 1.807) is 20.8 Å². The van der Waals surface area contributed by atoms with Gasteiger partial charge in [-0.2, -0.15) is 0 Å². The van der Waals surface area contributed by atoms with E-state index in [1.165, 1.54) is 13.3 Å². The van der Waals surface area contributed by atoms with E-state index in [0.717, 1.165) is 25.7 Å². The van der Waals surface area contributed by atoms with Crippen LogP contribution < -0.4 is 5.32 Å². The van der Waals surface area contributed by atoms with Crippen molar-refractivity contribution in [3.05, 3.63) is 0 Å². The fourth-order valence-electron chi connectivity index (χ4n) is 2.45. The molecule has 1 fully saturated rings. The molecule has 1 amide bonds. The first-order valence-corrected chi connectivity index (χ1v) is 8.03. The van der Waals surface area contributed by atoms with Gasteiger partial charge in [-0.3, -0.25) is 0 Å². The van der Waals surface area contributed by atoms with Crippen LogP contribution in [0, 0.1) is 5.92 Å². The summed E-state index contributed by atoms with van der Waals surface area (Å²) in [5.41, 5.74) is -0.667. The summed E-state index contributed by atoms with van der Waals surface area (Å²) in [6.07, 6.45) is 3.90. The number of rotatable bonds is 5. The van der Waals surface area contributed by atoms with Gasteiger partial charge in [-0.05, 0) is 46.5 Å². The van der Waals surface area contributed by atoms with E-state index in [1.807, 2.05) is 0 Å². The number of hydrogen-bond donors (Lipinski definition) is 2. The molecule has 22 heavy (non-hydrogen) atoms. The number of nitrogens with one attached hydrogen (secondary N) is 1. The van der Waals surface area contributed by atoms with E-state index in [4.69, 9.17) is 9.47 Å². The van der Waals surface area contributed by atoms with Gasteiger partial charge in [0.25, 0.3) is 0 Å². The predicted molar refractivity (Wildman–Crippen MR) is 82.4 cm³/mol. The average molecular weight is 315 g/mol. The van der Waals surface area contributed by atoms with Crippen molar-refractivity contribution in [2.75, 3.05) is 6.61 Å². The molecule has 2 atom stereocenters. The van der Waals surface area contributed by atoms with Crippen molar-refractivity contribution in [1.29, 1.82) is 0 Å². The molecule has 0 radical (unpaired) electrons. The minimum atomic E-state index is -1.11. The third-order valence-corrected chi connectivity index (χ3v) is 3.59. The summed E-state index contributed by atoms with van der Waals surface area (Å²) in [6.45, 7) is 6.96. The Balaban J connectivity index is 2.47. The van der Waals surface area contributed by atoms with Gasteiger partial charge in [0.05, 0.1) is 12.7 Å². The minimum absolute atomic E-state index is 0.345. The number of carbonyl (C=O) groups is 2. The van der Waals surface area contributed by atoms with E-state index in [9.17, 15) is 14.7 Å². The lowest BCUT2D eigenvalue weighted by Gasteiger charge is -2.25. The van der Waals surface area contributed by atoms with Crippen molar-refractivity contribution in [2.24, 2.45) is 5.92 Å². The number of alkyl carbamates (subject to hydrolysis) is 1. The summed E-state index contributed by atoms with van der Waals surface area (Å²) in [6, 6.07) is -1.11. The summed E-state index contributed by atoms with van der Waals surface area (Å²) in [5.74, 6) is -0.236. The zero-order valence-corrected chi connectivity index (χ0v) is 14.1. The average Bonchev–Trinajstić information content (AvgIpc) is 2.41. The van der Waals surface area contributed by atoms with Crippen LogP contribution in [-0.2, 0) is 14.3 Å². The van der Waals surface area contributed by atoms with Gasteiger partial charge in [-0.15, -0.1) is 0 Å². The monoisotopic (exact) mass is 315 g/mol. The van der Waals surface area contributed by atoms with E-state index >= 15 is 0 Å². The smallest absolute Gasteiger partial charge is 0.408 e. The Morgan fingerprint density at radius 3 is 2.32 bits per heavy atom. The van der Waals surface area contributed by atoms with Crippen molar-refractivity contribution in [3.8, 4) is 0 Å². The van der Waals surface area contributed by atoms with Gasteiger partial charge >= 0.3 is 12.1 Å². The second kappa shape index (κ2) is 8.36. The van der Waals surface area contributed by atoms with E-state index in [2.05, 4.69) is 5.32 Å². The third kappa shape index (κ3) is 7.11. The Bertz CT molecular complexity index is 369. The van der Waals surface area contributed by atoms with Gasteiger partial charge in [-0.25, -0.2) is 9.59 Å². The Hall–Kier alpha value is -1.30. The van der Waals surface area contributed by atoms with Crippen molar-refractivity contribution in [1.82, 2.24) is 5.32 Å². The van der Waals surface area contributed by atoms with Crippen molar-refractivity contribution < 1.29 is 24.2 Å². The standard InChI is InChI=1S/C16H29NO5/c1-11(18)13(17-15(20)22-16(2,3)4)14(19)21-10-12-8-6-5-7-9-12/h11-13,18H,5-10H2,1-4H3,(H,17,20)/t11-,13+/m1/s1. The van der Waals surface area contributed by atoms with Crippen LogP contribution in [-0.4, -0.2) is 41.5 Å². The number of hydrogen-bond acceptors (Lipinski definition) is 5. The SMILES string of the molecule is C[C@@H](O)[C@H](NC(=O)OC(C)(C)C)C(=O)OCC1CCCCC1. The molecule has 0 heterocycles. The molecule has 0 unspecified atom stereocenters. The highest BCUT2D eigenvalue weighted by Crippen LogP contribution is 2.23. The van der Waals surface area contributed by atoms with Crippen LogP contribution >= 0.6 is 0 Å². The third-order valence-electron chi connectivity index (χ3n) is 3.59. The van der Waals surface area contributed by atoms with Gasteiger partial charge in [0.15, 0.2) is 6.04 Å². The first-order chi connectivity index (χ1) is 10.2. The predicted octanol–water partition coefficient (Wildman–Crippen LogP) is 2.38. The van der Waals surface area contributed by atoms with Crippen LogP contribution in [0.3, 0.4) is 0 Å². The Labute approximate surface area is 132 Å². The highest BCUT2D eigenvalue weighted by atomic mass is 16.6. The van der Waals surface area contributed by atoms with E-state index in [0.29, 0.717) is 12.5 Å². The maximum absolute atomic E-state index is 12.1. The fourth-order valence-corrected chi connectivity index (χ4v) is 2.45. The Morgan fingerprint density at radius 2 is 1.82 bits per heavy atom. The van der Waals surface area contributed by atoms with Crippen LogP contribution in [0.2, 0.25) is 0 Å². The van der Waals surface area contributed by atoms with E-state index in [-0.39, 0.29) is 0 Å². The first-order valence-electron chi connectivity index (χ1n) is 8.03. The van der Waals surface area contributed by atoms with Crippen LogP contribution in [0.5, 0.6) is 0 Å². The molecule has 0 aromatic rings. The van der Waals surface area contributed by atoms with Crippen molar-refractivity contribution in [2.45, 2.75) is 77.5 Å². The molecule has 1 saturated carbocycles. The molecule has 0 saturated heterocycles. The molecule has 1 aliphatic rings. The number of aliphatic hydroxyl groups excluding tert-OH is 1. The summed E-state index contributed by atoms with van der Waals surface area (Å²) < 4.78 is 10.4. The number of ether oxygens (including phenoxy) is 2. The zero-order valence-electron chi connectivity index (χ0n) is 14.1. The zero-order chi connectivity index (χ0) is 16.8. The quantitative estimate of drug-likeness (QED) is 0.761. The van der Waals surface area contributed by atoms with Gasteiger partial charge in [0, 0.05) is 0 Å². The molecular formula is C16H29NO5. The Kier molecular flexibility index (Phi) is 7.13. The molecule has 1 aliphatic carbocycles. The van der Waals surface area contributed by atoms with Crippen molar-refractivity contribution in [3.63, 3.8) is 0 Å². The number of amides is 1. The van der Waals surface area contributed by atoms with Crippen LogP contribution in [0.25, 0.3) is 0 Å². The lowest BCUT2D eigenvalue weighted by Crippen LogP contribution is -2.50. The normalized spacial score (nSPS) is 19.1. The van der Waals surface area contributed by atoms with Crippen molar-refractivity contribution >= 4 is 12.1 Å². The van der Waals surface area contributed by atoms with E-state index < -0.39 is 29.8 Å². The van der Waals surface area contributed by atoms with Gasteiger partial charge in [-0.1, -0.05) is 19.3 Å². The molecule has 0 aromatic carbocycles. The topological polar surface area (TPSA) is 84.9 Å². The molecule has 0 aliphatic heterocycles. The summed E-state index contributed by atoms with van der Waals surface area (Å²) in [4.78, 5) is 23.8. The number of esters is 1. The largest absolute Gasteiger partial charge is 0.464 e. The van der Waals surface area contributed by atoms with Gasteiger partial charge in [0.1, 0.15) is 5.60 Å². The van der Waals surface area contributed by atoms with Gasteiger partial charge < -0.3 is 19.9 Å². The molecular weight excluding hydrogens is 286 g/mol. The minimum Gasteiger partial charge on any atom is -0.464 e. The number of carbonyl (C=O) groups excluding carboxylic acids is 2. The molecule has 1 rings (SSSR count). The lowest BCUT2D eigenvalue weighted by molar-refractivity contribution is -0.150. The van der Waals surface area contributed by atoms with Crippen LogP contribution in [0.15, 0.2) is 0 Å². The molecule has 128 valence electrons. The molecule has 0 bridgehead atoms. The van der Waals surface area contributed by atoms with Crippen LogP contribution in [0.4, 0.5) is 4.79 Å². The lowest BCUT2D eigenvalue weighted by atomic mass is 9.90. The van der Waals surface area contributed by atoms with Crippen LogP contribution in [0.1, 0.15) is 59.8 Å². The maximum atomic E-state index is 12.1. The molecule has 2 N–H and O–H groups in total. The molecule has 6 nitrogen and oxygen atoms in total. The molecule has 0 spiro atoms. The fraction of sp³-hybridized carbons (Fsp3) is 0.875. The molecule has 6 heteroatoms. The summed E-state index contributed by atoms with van der Waals surface area (Å²) >= 11 is 0. The Morgan fingerprint density at radius 1 is 1.23 bits per heavy atom. The summed E-state index contributed by atoms with van der Waals surface area (Å²) in [5, 5.41) is 12.1. The second-order valence-electron chi connectivity index (χ2n) is 7.00. The first kappa shape index (κ1) is 18.7. The number of aliphatic hydroxyl groups is 1. The summed E-state index contributed by atoms with van der Waals surface area (Å²) in [7, 11) is 0. The highest BCUT2D eigenvalue weighted by molar-refractivity contribution is 5.82.